The molecule has 7 nitrogen and oxygen atoms in total. The molecule has 8 heteroatoms. The summed E-state index contributed by atoms with van der Waals surface area (Å²) in [5.41, 5.74) is 4.06. The van der Waals surface area contributed by atoms with Crippen LogP contribution in [-0.4, -0.2) is 38.3 Å². The molecule has 0 bridgehead atoms. The van der Waals surface area contributed by atoms with Crippen molar-refractivity contribution in [2.75, 3.05) is 18.5 Å². The van der Waals surface area contributed by atoms with Gasteiger partial charge in [0.2, 0.25) is 0 Å². The second-order valence-corrected chi connectivity index (χ2v) is 10.2. The fourth-order valence-electron chi connectivity index (χ4n) is 4.37. The number of rotatable bonds is 5. The highest BCUT2D eigenvalue weighted by Crippen LogP contribution is 2.38. The van der Waals surface area contributed by atoms with Gasteiger partial charge in [-0.05, 0) is 69.7 Å². The van der Waals surface area contributed by atoms with E-state index in [1.165, 1.54) is 22.9 Å². The van der Waals surface area contributed by atoms with Crippen molar-refractivity contribution in [3.8, 4) is 28.2 Å². The topological polar surface area (TPSA) is 74.0 Å². The van der Waals surface area contributed by atoms with Crippen LogP contribution in [0, 0.1) is 18.7 Å². The number of hydrogen-bond acceptors (Lipinski definition) is 5. The predicted molar refractivity (Wildman–Crippen MR) is 139 cm³/mol. The van der Waals surface area contributed by atoms with Gasteiger partial charge in [0.25, 0.3) is 5.56 Å². The van der Waals surface area contributed by atoms with Crippen molar-refractivity contribution < 1.29 is 9.13 Å². The third kappa shape index (κ3) is 4.81. The SMILES string of the molecule is Cc1ccccc1-n1nc(-c2c(-c3ccc(F)cc3)nn3c2NCC(COC(C)(C)C)C3)ccc1=O. The normalized spacial score (nSPS) is 15.4. The highest BCUT2D eigenvalue weighted by atomic mass is 19.1. The molecule has 1 unspecified atom stereocenters. The van der Waals surface area contributed by atoms with Crippen LogP contribution < -0.4 is 10.9 Å². The van der Waals surface area contributed by atoms with Crippen LogP contribution in [0.25, 0.3) is 28.2 Å². The van der Waals surface area contributed by atoms with E-state index in [2.05, 4.69) is 5.32 Å². The van der Waals surface area contributed by atoms with E-state index in [-0.39, 0.29) is 22.9 Å². The Kier molecular flexibility index (Phi) is 6.22. The molecule has 2 aromatic heterocycles. The number of ether oxygens (including phenoxy) is 1. The lowest BCUT2D eigenvalue weighted by molar-refractivity contribution is -0.0239. The van der Waals surface area contributed by atoms with E-state index in [0.717, 1.165) is 34.7 Å². The van der Waals surface area contributed by atoms with Crippen LogP contribution in [0.4, 0.5) is 10.2 Å². The molecule has 2 aromatic carbocycles. The van der Waals surface area contributed by atoms with E-state index < -0.39 is 0 Å². The molecule has 3 heterocycles. The molecule has 0 fully saturated rings. The summed E-state index contributed by atoms with van der Waals surface area (Å²) in [6, 6.07) is 17.2. The van der Waals surface area contributed by atoms with E-state index in [0.29, 0.717) is 24.5 Å². The molecule has 4 aromatic rings. The van der Waals surface area contributed by atoms with Crippen molar-refractivity contribution in [2.24, 2.45) is 5.92 Å². The number of nitrogens with zero attached hydrogens (tertiary/aromatic N) is 4. The first-order chi connectivity index (χ1) is 17.2. The average molecular weight is 488 g/mol. The number of benzene rings is 2. The average Bonchev–Trinajstić information content (AvgIpc) is 3.22. The zero-order valence-corrected chi connectivity index (χ0v) is 21.0. The van der Waals surface area contributed by atoms with E-state index in [9.17, 15) is 9.18 Å². The molecule has 0 saturated carbocycles. The first-order valence-electron chi connectivity index (χ1n) is 12.1. The summed E-state index contributed by atoms with van der Waals surface area (Å²) < 4.78 is 23.1. The van der Waals surface area contributed by atoms with Gasteiger partial charge >= 0.3 is 0 Å². The lowest BCUT2D eigenvalue weighted by Crippen LogP contribution is -2.34. The van der Waals surface area contributed by atoms with Gasteiger partial charge in [0, 0.05) is 30.6 Å². The molecule has 0 saturated heterocycles. The van der Waals surface area contributed by atoms with Gasteiger partial charge in [0.15, 0.2) is 0 Å². The molecular formula is C28H30FN5O2. The summed E-state index contributed by atoms with van der Waals surface area (Å²) in [4.78, 5) is 12.8. The summed E-state index contributed by atoms with van der Waals surface area (Å²) in [7, 11) is 0. The number of hydrogen-bond donors (Lipinski definition) is 1. The standard InChI is InChI=1S/C28H30FN5O2/c1-18-7-5-6-8-23(18)34-24(35)14-13-22(31-34)25-26(20-9-11-21(29)12-10-20)32-33-16-19(15-30-27(25)33)17-36-28(2,3)4/h5-14,19,30H,15-17H2,1-4H3. The van der Waals surface area contributed by atoms with Gasteiger partial charge in [-0.1, -0.05) is 18.2 Å². The minimum atomic E-state index is -0.312. The maximum atomic E-state index is 13.7. The Bertz CT molecular complexity index is 1450. The zero-order chi connectivity index (χ0) is 25.4. The molecule has 186 valence electrons. The molecule has 5 rings (SSSR count). The lowest BCUT2D eigenvalue weighted by Gasteiger charge is -2.28. The van der Waals surface area contributed by atoms with E-state index >= 15 is 0 Å². The zero-order valence-electron chi connectivity index (χ0n) is 21.0. The van der Waals surface area contributed by atoms with Gasteiger partial charge in [-0.25, -0.2) is 9.07 Å². The number of anilines is 1. The van der Waals surface area contributed by atoms with Crippen LogP contribution in [0.1, 0.15) is 26.3 Å². The van der Waals surface area contributed by atoms with Crippen molar-refractivity contribution in [1.82, 2.24) is 19.6 Å². The Morgan fingerprint density at radius 2 is 1.81 bits per heavy atom. The molecular weight excluding hydrogens is 457 g/mol. The number of para-hydroxylation sites is 1. The summed E-state index contributed by atoms with van der Waals surface area (Å²) >= 11 is 0. The predicted octanol–water partition coefficient (Wildman–Crippen LogP) is 5.07. The van der Waals surface area contributed by atoms with Crippen LogP contribution in [0.5, 0.6) is 0 Å². The minimum Gasteiger partial charge on any atom is -0.375 e. The van der Waals surface area contributed by atoms with Crippen molar-refractivity contribution in [2.45, 2.75) is 39.8 Å². The fourth-order valence-corrected chi connectivity index (χ4v) is 4.37. The third-order valence-electron chi connectivity index (χ3n) is 6.21. The number of aromatic nitrogens is 4. The molecule has 36 heavy (non-hydrogen) atoms. The van der Waals surface area contributed by atoms with Crippen LogP contribution in [-0.2, 0) is 11.3 Å². The number of fused-ring (bicyclic) bond motifs is 1. The van der Waals surface area contributed by atoms with Gasteiger partial charge in [0.05, 0.1) is 29.2 Å². The Morgan fingerprint density at radius 3 is 2.53 bits per heavy atom. The van der Waals surface area contributed by atoms with Crippen molar-refractivity contribution in [3.63, 3.8) is 0 Å². The smallest absolute Gasteiger partial charge is 0.271 e. The van der Waals surface area contributed by atoms with Crippen molar-refractivity contribution >= 4 is 5.82 Å². The Hall–Kier alpha value is -3.78. The van der Waals surface area contributed by atoms with Crippen molar-refractivity contribution in [3.05, 3.63) is 82.4 Å². The molecule has 1 atom stereocenters. The Balaban J connectivity index is 1.62. The molecule has 1 aliphatic heterocycles. The van der Waals surface area contributed by atoms with Crippen LogP contribution >= 0.6 is 0 Å². The summed E-state index contributed by atoms with van der Waals surface area (Å²) in [5, 5.41) is 13.2. The largest absolute Gasteiger partial charge is 0.375 e. The second-order valence-electron chi connectivity index (χ2n) is 10.2. The number of aryl methyl sites for hydroxylation is 1. The van der Waals surface area contributed by atoms with Gasteiger partial charge in [-0.15, -0.1) is 0 Å². The molecule has 1 N–H and O–H groups in total. The first-order valence-corrected chi connectivity index (χ1v) is 12.1. The first kappa shape index (κ1) is 23.9. The number of halogens is 1. The van der Waals surface area contributed by atoms with E-state index in [1.54, 1.807) is 18.2 Å². The maximum Gasteiger partial charge on any atom is 0.271 e. The summed E-state index contributed by atoms with van der Waals surface area (Å²) in [6.45, 7) is 10.1. The summed E-state index contributed by atoms with van der Waals surface area (Å²) in [5.74, 6) is 0.747. The van der Waals surface area contributed by atoms with Crippen LogP contribution in [0.15, 0.2) is 65.5 Å². The fraction of sp³-hybridized carbons (Fsp3) is 0.321. The quantitative estimate of drug-likeness (QED) is 0.426. The van der Waals surface area contributed by atoms with Crippen LogP contribution in [0.2, 0.25) is 0 Å². The molecule has 0 spiro atoms. The highest BCUT2D eigenvalue weighted by molar-refractivity contribution is 5.87. The maximum absolute atomic E-state index is 13.7. The number of nitrogens with one attached hydrogen (secondary N) is 1. The Labute approximate surface area is 209 Å². The van der Waals surface area contributed by atoms with Gasteiger partial charge in [-0.3, -0.25) is 4.79 Å². The lowest BCUT2D eigenvalue weighted by atomic mass is 10.0. The van der Waals surface area contributed by atoms with Gasteiger partial charge in [-0.2, -0.15) is 14.9 Å². The van der Waals surface area contributed by atoms with E-state index in [1.807, 2.05) is 56.6 Å². The highest BCUT2D eigenvalue weighted by Gasteiger charge is 2.28. The molecule has 0 amide bonds. The minimum absolute atomic E-state index is 0.218. The molecule has 0 radical (unpaired) electrons. The monoisotopic (exact) mass is 487 g/mol. The van der Waals surface area contributed by atoms with Gasteiger partial charge in [0.1, 0.15) is 17.3 Å². The molecule has 1 aliphatic rings. The second kappa shape index (κ2) is 9.35. The summed E-state index contributed by atoms with van der Waals surface area (Å²) in [6.07, 6.45) is 0. The van der Waals surface area contributed by atoms with Crippen molar-refractivity contribution in [1.29, 1.82) is 0 Å². The Morgan fingerprint density at radius 1 is 1.06 bits per heavy atom. The van der Waals surface area contributed by atoms with Gasteiger partial charge < -0.3 is 10.1 Å². The van der Waals surface area contributed by atoms with Crippen LogP contribution in [0.3, 0.4) is 0 Å². The third-order valence-corrected chi connectivity index (χ3v) is 6.21. The van der Waals surface area contributed by atoms with E-state index in [4.69, 9.17) is 14.9 Å². The molecule has 0 aliphatic carbocycles.